The van der Waals surface area contributed by atoms with Gasteiger partial charge in [0.05, 0.1) is 0 Å². The number of amides is 1. The Kier molecular flexibility index (Phi) is 3.89. The molecule has 1 fully saturated rings. The predicted octanol–water partition coefficient (Wildman–Crippen LogP) is 1.000. The number of rotatable bonds is 6. The Morgan fingerprint density at radius 3 is 2.74 bits per heavy atom. The van der Waals surface area contributed by atoms with Crippen LogP contribution in [-0.4, -0.2) is 53.2 Å². The summed E-state index contributed by atoms with van der Waals surface area (Å²) in [5, 5.41) is 9.73. The van der Waals surface area contributed by atoms with E-state index in [0.29, 0.717) is 12.5 Å². The Hall–Kier alpha value is -1.43. The van der Waals surface area contributed by atoms with Crippen molar-refractivity contribution in [3.8, 4) is 0 Å². The van der Waals surface area contributed by atoms with Gasteiger partial charge in [-0.3, -0.25) is 9.89 Å². The highest BCUT2D eigenvalue weighted by Crippen LogP contribution is 2.37. The summed E-state index contributed by atoms with van der Waals surface area (Å²) in [5.41, 5.74) is 0.0226. The van der Waals surface area contributed by atoms with E-state index in [-0.39, 0.29) is 17.1 Å². The number of carbonyl (C=O) groups excluding carboxylic acids is 1. The number of carbonyl (C=O) groups is 1. The van der Waals surface area contributed by atoms with Crippen LogP contribution in [0.5, 0.6) is 0 Å². The van der Waals surface area contributed by atoms with Crippen LogP contribution in [0.25, 0.3) is 0 Å². The van der Waals surface area contributed by atoms with Gasteiger partial charge in [0.2, 0.25) is 5.82 Å². The molecule has 1 heterocycles. The van der Waals surface area contributed by atoms with Crippen LogP contribution < -0.4 is 5.32 Å². The molecule has 2 rings (SSSR count). The van der Waals surface area contributed by atoms with Gasteiger partial charge in [0.1, 0.15) is 5.82 Å². The van der Waals surface area contributed by atoms with Crippen LogP contribution in [0, 0.1) is 5.41 Å². The van der Waals surface area contributed by atoms with Gasteiger partial charge >= 0.3 is 0 Å². The van der Waals surface area contributed by atoms with E-state index in [4.69, 9.17) is 0 Å². The van der Waals surface area contributed by atoms with Crippen molar-refractivity contribution < 1.29 is 4.79 Å². The number of hydrogen-bond acceptors (Lipinski definition) is 4. The van der Waals surface area contributed by atoms with Crippen LogP contribution in [0.2, 0.25) is 0 Å². The Bertz CT molecular complexity index is 448. The first kappa shape index (κ1) is 14.0. The highest BCUT2D eigenvalue weighted by molar-refractivity contribution is 5.90. The first-order valence-corrected chi connectivity index (χ1v) is 6.73. The highest BCUT2D eigenvalue weighted by Gasteiger charge is 2.28. The van der Waals surface area contributed by atoms with Crippen molar-refractivity contribution in [1.29, 1.82) is 0 Å². The van der Waals surface area contributed by atoms with Gasteiger partial charge in [-0.25, -0.2) is 4.98 Å². The van der Waals surface area contributed by atoms with Crippen LogP contribution in [0.1, 0.15) is 49.1 Å². The average molecular weight is 265 g/mol. The fraction of sp³-hybridized carbons (Fsp3) is 0.769. The quantitative estimate of drug-likeness (QED) is 0.804. The zero-order valence-corrected chi connectivity index (χ0v) is 12.2. The fourth-order valence-corrected chi connectivity index (χ4v) is 2.23. The summed E-state index contributed by atoms with van der Waals surface area (Å²) < 4.78 is 0. The van der Waals surface area contributed by atoms with Gasteiger partial charge in [0, 0.05) is 19.0 Å². The van der Waals surface area contributed by atoms with E-state index in [1.807, 2.05) is 14.1 Å². The van der Waals surface area contributed by atoms with E-state index in [0.717, 1.165) is 25.2 Å². The van der Waals surface area contributed by atoms with Crippen molar-refractivity contribution in [2.75, 3.05) is 27.2 Å². The predicted molar refractivity (Wildman–Crippen MR) is 73.0 cm³/mol. The molecule has 0 aliphatic heterocycles. The second-order valence-corrected chi connectivity index (χ2v) is 6.40. The lowest BCUT2D eigenvalue weighted by molar-refractivity contribution is 0.0919. The van der Waals surface area contributed by atoms with E-state index in [1.165, 1.54) is 0 Å². The summed E-state index contributed by atoms with van der Waals surface area (Å²) in [6, 6.07) is 0. The molecular weight excluding hydrogens is 242 g/mol. The summed E-state index contributed by atoms with van der Waals surface area (Å²) in [5.74, 6) is 1.38. The third-order valence-corrected chi connectivity index (χ3v) is 3.14. The molecule has 0 radical (unpaired) electrons. The van der Waals surface area contributed by atoms with Crippen LogP contribution in [-0.2, 0) is 0 Å². The monoisotopic (exact) mass is 265 g/mol. The summed E-state index contributed by atoms with van der Waals surface area (Å²) in [6.45, 7) is 5.77. The summed E-state index contributed by atoms with van der Waals surface area (Å²) in [7, 11) is 4.06. The van der Waals surface area contributed by atoms with Gasteiger partial charge in [-0.15, -0.1) is 5.10 Å². The molecule has 1 aromatic heterocycles. The van der Waals surface area contributed by atoms with Gasteiger partial charge in [-0.1, -0.05) is 13.8 Å². The second-order valence-electron chi connectivity index (χ2n) is 6.40. The molecule has 0 atom stereocenters. The minimum Gasteiger partial charge on any atom is -0.349 e. The first-order chi connectivity index (χ1) is 8.87. The van der Waals surface area contributed by atoms with Gasteiger partial charge in [0.15, 0.2) is 0 Å². The van der Waals surface area contributed by atoms with Gasteiger partial charge in [0.25, 0.3) is 5.91 Å². The minimum atomic E-state index is -0.199. The van der Waals surface area contributed by atoms with Gasteiger partial charge < -0.3 is 10.2 Å². The lowest BCUT2D eigenvalue weighted by Gasteiger charge is -2.28. The van der Waals surface area contributed by atoms with Crippen molar-refractivity contribution in [3.05, 3.63) is 11.6 Å². The lowest BCUT2D eigenvalue weighted by atomic mass is 9.93. The Labute approximate surface area is 114 Å². The molecule has 1 aromatic rings. The summed E-state index contributed by atoms with van der Waals surface area (Å²) in [4.78, 5) is 18.3. The normalized spacial score (nSPS) is 15.8. The zero-order valence-electron chi connectivity index (χ0n) is 12.2. The van der Waals surface area contributed by atoms with Gasteiger partial charge in [-0.05, 0) is 32.4 Å². The van der Waals surface area contributed by atoms with Crippen molar-refractivity contribution in [3.63, 3.8) is 0 Å². The van der Waals surface area contributed by atoms with E-state index < -0.39 is 0 Å². The number of nitrogens with one attached hydrogen (secondary N) is 2. The standard InChI is InChI=1S/C13H23N5O/c1-13(2,8-18(3)4)7-14-12(19)11-15-10(16-17-11)9-5-6-9/h9H,5-8H2,1-4H3,(H,14,19)(H,15,16,17). The number of aromatic nitrogens is 3. The molecule has 6 nitrogen and oxygen atoms in total. The molecule has 0 unspecified atom stereocenters. The number of H-pyrrole nitrogens is 1. The van der Waals surface area contributed by atoms with Crippen LogP contribution in [0.3, 0.4) is 0 Å². The molecule has 19 heavy (non-hydrogen) atoms. The zero-order chi connectivity index (χ0) is 14.0. The summed E-state index contributed by atoms with van der Waals surface area (Å²) >= 11 is 0. The minimum absolute atomic E-state index is 0.0226. The van der Waals surface area contributed by atoms with Crippen LogP contribution >= 0.6 is 0 Å². The Morgan fingerprint density at radius 2 is 2.16 bits per heavy atom. The third kappa shape index (κ3) is 4.02. The first-order valence-electron chi connectivity index (χ1n) is 6.73. The van der Waals surface area contributed by atoms with Crippen LogP contribution in [0.15, 0.2) is 0 Å². The van der Waals surface area contributed by atoms with Crippen molar-refractivity contribution in [2.24, 2.45) is 5.41 Å². The van der Waals surface area contributed by atoms with E-state index >= 15 is 0 Å². The molecule has 1 amide bonds. The molecule has 106 valence electrons. The fourth-order valence-electron chi connectivity index (χ4n) is 2.23. The molecule has 1 aliphatic carbocycles. The largest absolute Gasteiger partial charge is 0.349 e. The highest BCUT2D eigenvalue weighted by atomic mass is 16.2. The summed E-state index contributed by atoms with van der Waals surface area (Å²) in [6.07, 6.45) is 2.29. The van der Waals surface area contributed by atoms with Gasteiger partial charge in [-0.2, -0.15) is 0 Å². The molecule has 6 heteroatoms. The number of aromatic amines is 1. The maximum Gasteiger partial charge on any atom is 0.290 e. The molecule has 0 bridgehead atoms. The SMILES string of the molecule is CN(C)CC(C)(C)CNC(=O)c1n[nH]c(C2CC2)n1. The molecule has 1 saturated carbocycles. The van der Waals surface area contributed by atoms with E-state index in [2.05, 4.69) is 39.2 Å². The van der Waals surface area contributed by atoms with E-state index in [1.54, 1.807) is 0 Å². The molecule has 0 spiro atoms. The maximum absolute atomic E-state index is 12.0. The molecular formula is C13H23N5O. The van der Waals surface area contributed by atoms with Crippen molar-refractivity contribution in [2.45, 2.75) is 32.6 Å². The lowest BCUT2D eigenvalue weighted by Crippen LogP contribution is -2.40. The molecule has 1 aliphatic rings. The van der Waals surface area contributed by atoms with Crippen molar-refractivity contribution >= 4 is 5.91 Å². The van der Waals surface area contributed by atoms with Crippen LogP contribution in [0.4, 0.5) is 0 Å². The van der Waals surface area contributed by atoms with E-state index in [9.17, 15) is 4.79 Å². The number of nitrogens with zero attached hydrogens (tertiary/aromatic N) is 3. The topological polar surface area (TPSA) is 73.9 Å². The molecule has 2 N–H and O–H groups in total. The second kappa shape index (κ2) is 5.28. The number of hydrogen-bond donors (Lipinski definition) is 2. The smallest absolute Gasteiger partial charge is 0.290 e. The Morgan fingerprint density at radius 1 is 1.47 bits per heavy atom. The maximum atomic E-state index is 12.0. The molecule has 0 saturated heterocycles. The Balaban J connectivity index is 1.86. The third-order valence-electron chi connectivity index (χ3n) is 3.14. The van der Waals surface area contributed by atoms with Crippen molar-refractivity contribution in [1.82, 2.24) is 25.4 Å². The average Bonchev–Trinajstić information content (AvgIpc) is 3.03. The molecule has 0 aromatic carbocycles.